The maximum Gasteiger partial charge on any atom is 0.191 e. The van der Waals surface area contributed by atoms with E-state index >= 15 is 0 Å². The van der Waals surface area contributed by atoms with Gasteiger partial charge < -0.3 is 9.53 Å². The predicted molar refractivity (Wildman–Crippen MR) is 87.0 cm³/mol. The molecule has 0 aromatic rings. The van der Waals surface area contributed by atoms with Gasteiger partial charge in [0.2, 0.25) is 0 Å². The molecule has 114 valence electrons. The van der Waals surface area contributed by atoms with Crippen molar-refractivity contribution >= 4 is 8.32 Å². The Balaban J connectivity index is 3.93. The summed E-state index contributed by atoms with van der Waals surface area (Å²) in [6.45, 7) is 20.2. The van der Waals surface area contributed by atoms with Gasteiger partial charge in [-0.05, 0) is 50.2 Å². The lowest BCUT2D eigenvalue weighted by Gasteiger charge is -2.36. The molecule has 19 heavy (non-hydrogen) atoms. The van der Waals surface area contributed by atoms with Crippen molar-refractivity contribution in [1.82, 2.24) is 0 Å². The van der Waals surface area contributed by atoms with E-state index in [-0.39, 0.29) is 11.1 Å². The number of hydrogen-bond acceptors (Lipinski definition) is 2. The Bertz CT molecular complexity index is 279. The van der Waals surface area contributed by atoms with Crippen molar-refractivity contribution in [3.05, 3.63) is 12.2 Å². The van der Waals surface area contributed by atoms with Crippen molar-refractivity contribution in [2.75, 3.05) is 6.61 Å². The first-order valence-corrected chi connectivity index (χ1v) is 10.4. The van der Waals surface area contributed by atoms with Crippen LogP contribution in [0.4, 0.5) is 0 Å². The van der Waals surface area contributed by atoms with Crippen LogP contribution < -0.4 is 0 Å². The second-order valence-electron chi connectivity index (χ2n) is 7.44. The van der Waals surface area contributed by atoms with Crippen molar-refractivity contribution < 1.29 is 9.53 Å². The highest BCUT2D eigenvalue weighted by atomic mass is 28.4. The van der Waals surface area contributed by atoms with E-state index in [2.05, 4.69) is 47.4 Å². The highest BCUT2D eigenvalue weighted by molar-refractivity contribution is 6.74. The molecule has 0 aliphatic rings. The number of aliphatic hydroxyl groups excluding tert-OH is 1. The Kier molecular flexibility index (Phi) is 7.55. The summed E-state index contributed by atoms with van der Waals surface area (Å²) < 4.78 is 6.18. The fourth-order valence-corrected chi connectivity index (χ4v) is 2.63. The molecule has 3 heteroatoms. The largest absolute Gasteiger partial charge is 0.417 e. The monoisotopic (exact) mass is 286 g/mol. The highest BCUT2D eigenvalue weighted by Crippen LogP contribution is 2.36. The minimum atomic E-state index is -1.60. The molecule has 0 amide bonds. The van der Waals surface area contributed by atoms with Crippen LogP contribution in [-0.4, -0.2) is 26.1 Å². The van der Waals surface area contributed by atoms with Gasteiger partial charge in [-0.15, -0.1) is 0 Å². The molecule has 1 N–H and O–H groups in total. The van der Waals surface area contributed by atoms with Crippen molar-refractivity contribution in [2.24, 2.45) is 5.92 Å². The van der Waals surface area contributed by atoms with E-state index in [1.165, 1.54) is 0 Å². The van der Waals surface area contributed by atoms with E-state index in [4.69, 9.17) is 4.43 Å². The average molecular weight is 287 g/mol. The molecule has 0 aliphatic carbocycles. The lowest BCUT2D eigenvalue weighted by atomic mass is 9.98. The van der Waals surface area contributed by atoms with E-state index in [9.17, 15) is 5.11 Å². The van der Waals surface area contributed by atoms with Gasteiger partial charge in [0.05, 0.1) is 6.10 Å². The zero-order valence-electron chi connectivity index (χ0n) is 14.0. The summed E-state index contributed by atoms with van der Waals surface area (Å²) in [5, 5.41) is 10.00. The molecule has 0 heterocycles. The average Bonchev–Trinajstić information content (AvgIpc) is 2.23. The van der Waals surface area contributed by atoms with E-state index < -0.39 is 8.32 Å². The lowest BCUT2D eigenvalue weighted by molar-refractivity contribution is 0.183. The third kappa shape index (κ3) is 7.28. The Hall–Kier alpha value is -0.123. The quantitative estimate of drug-likeness (QED) is 0.515. The van der Waals surface area contributed by atoms with Crippen molar-refractivity contribution in [3.8, 4) is 0 Å². The number of aliphatic hydroxyl groups is 1. The van der Waals surface area contributed by atoms with Crippen LogP contribution in [0.3, 0.4) is 0 Å². The van der Waals surface area contributed by atoms with Crippen LogP contribution in [0, 0.1) is 5.92 Å². The number of hydrogen-bond donors (Lipinski definition) is 1. The molecular formula is C16H34O2Si. The van der Waals surface area contributed by atoms with Crippen molar-refractivity contribution in [3.63, 3.8) is 0 Å². The van der Waals surface area contributed by atoms with Crippen LogP contribution in [0.15, 0.2) is 12.2 Å². The molecule has 2 unspecified atom stereocenters. The van der Waals surface area contributed by atoms with Crippen molar-refractivity contribution in [1.29, 1.82) is 0 Å². The first kappa shape index (κ1) is 18.9. The third-order valence-corrected chi connectivity index (χ3v) is 8.92. The van der Waals surface area contributed by atoms with Gasteiger partial charge >= 0.3 is 0 Å². The highest BCUT2D eigenvalue weighted by Gasteiger charge is 2.36. The van der Waals surface area contributed by atoms with E-state index in [0.717, 1.165) is 31.4 Å². The molecular weight excluding hydrogens is 252 g/mol. The van der Waals surface area contributed by atoms with Gasteiger partial charge in [0.15, 0.2) is 8.32 Å². The Morgan fingerprint density at radius 2 is 1.74 bits per heavy atom. The van der Waals surface area contributed by atoms with Crippen LogP contribution in [-0.2, 0) is 4.43 Å². The summed E-state index contributed by atoms with van der Waals surface area (Å²) in [7, 11) is -1.60. The zero-order chi connectivity index (χ0) is 15.3. The Morgan fingerprint density at radius 3 is 2.16 bits per heavy atom. The van der Waals surface area contributed by atoms with Crippen LogP contribution in [0.1, 0.15) is 53.9 Å². The summed E-state index contributed by atoms with van der Waals surface area (Å²) in [6, 6.07) is 0. The summed E-state index contributed by atoms with van der Waals surface area (Å²) in [6.07, 6.45) is 2.59. The fraction of sp³-hybridized carbons (Fsp3) is 0.875. The molecule has 0 aromatic heterocycles. The fourth-order valence-electron chi connectivity index (χ4n) is 1.56. The van der Waals surface area contributed by atoms with Crippen molar-refractivity contribution in [2.45, 2.75) is 78.1 Å². The van der Waals surface area contributed by atoms with Gasteiger partial charge in [0.1, 0.15) is 0 Å². The molecule has 0 radical (unpaired) electrons. The molecule has 2 atom stereocenters. The second kappa shape index (κ2) is 7.60. The summed E-state index contributed by atoms with van der Waals surface area (Å²) in [5.41, 5.74) is 0.865. The van der Waals surface area contributed by atoms with Crippen LogP contribution in [0.25, 0.3) is 0 Å². The lowest BCUT2D eigenvalue weighted by Crippen LogP contribution is -2.41. The van der Waals surface area contributed by atoms with Gasteiger partial charge in [-0.2, -0.15) is 0 Å². The molecule has 0 saturated carbocycles. The molecule has 0 rings (SSSR count). The maximum atomic E-state index is 9.71. The maximum absolute atomic E-state index is 9.71. The SMILES string of the molecule is C=C(C)C(O)CCC(C)CCO[Si](C)(C)C(C)(C)C. The first-order valence-electron chi connectivity index (χ1n) is 7.45. The van der Waals surface area contributed by atoms with Gasteiger partial charge in [0, 0.05) is 6.61 Å². The van der Waals surface area contributed by atoms with E-state index in [1.807, 2.05) is 6.92 Å². The summed E-state index contributed by atoms with van der Waals surface area (Å²) in [5.74, 6) is 0.596. The summed E-state index contributed by atoms with van der Waals surface area (Å²) in [4.78, 5) is 0. The molecule has 0 fully saturated rings. The molecule has 0 bridgehead atoms. The molecule has 0 saturated heterocycles. The molecule has 0 spiro atoms. The van der Waals surface area contributed by atoms with Crippen LogP contribution >= 0.6 is 0 Å². The second-order valence-corrected chi connectivity index (χ2v) is 12.3. The Morgan fingerprint density at radius 1 is 1.21 bits per heavy atom. The normalized spacial score (nSPS) is 16.2. The standard InChI is InChI=1S/C16H34O2Si/c1-13(2)15(17)10-9-14(3)11-12-18-19(7,8)16(4,5)6/h14-15,17H,1,9-12H2,2-8H3. The topological polar surface area (TPSA) is 29.5 Å². The smallest absolute Gasteiger partial charge is 0.191 e. The third-order valence-electron chi connectivity index (χ3n) is 4.38. The van der Waals surface area contributed by atoms with Gasteiger partial charge in [-0.25, -0.2) is 0 Å². The molecule has 0 aliphatic heterocycles. The predicted octanol–water partition coefficient (Wildman–Crippen LogP) is 4.75. The van der Waals surface area contributed by atoms with E-state index in [0.29, 0.717) is 5.92 Å². The molecule has 0 aromatic carbocycles. The number of rotatable bonds is 8. The Labute approximate surface area is 121 Å². The minimum absolute atomic E-state index is 0.284. The van der Waals surface area contributed by atoms with Crippen LogP contribution in [0.5, 0.6) is 0 Å². The van der Waals surface area contributed by atoms with Gasteiger partial charge in [0.25, 0.3) is 0 Å². The van der Waals surface area contributed by atoms with Crippen LogP contribution in [0.2, 0.25) is 18.1 Å². The van der Waals surface area contributed by atoms with Gasteiger partial charge in [-0.3, -0.25) is 0 Å². The molecule has 2 nitrogen and oxygen atoms in total. The van der Waals surface area contributed by atoms with Gasteiger partial charge in [-0.1, -0.05) is 39.8 Å². The minimum Gasteiger partial charge on any atom is -0.417 e. The zero-order valence-corrected chi connectivity index (χ0v) is 15.0. The summed E-state index contributed by atoms with van der Waals surface area (Å²) >= 11 is 0. The first-order chi connectivity index (χ1) is 8.47. The van der Waals surface area contributed by atoms with E-state index in [1.54, 1.807) is 0 Å².